The van der Waals surface area contributed by atoms with Crippen molar-refractivity contribution in [1.82, 2.24) is 0 Å². The molecular weight excluding hydrogens is 254 g/mol. The van der Waals surface area contributed by atoms with E-state index in [1.165, 1.54) is 6.40 Å². The highest BCUT2D eigenvalue weighted by molar-refractivity contribution is 5.84. The summed E-state index contributed by atoms with van der Waals surface area (Å²) < 4.78 is 10.5. The van der Waals surface area contributed by atoms with Gasteiger partial charge in [0, 0.05) is 0 Å². The summed E-state index contributed by atoms with van der Waals surface area (Å²) in [5.74, 6) is -0.348. The van der Waals surface area contributed by atoms with Crippen molar-refractivity contribution in [2.24, 2.45) is 4.99 Å². The molecule has 0 N–H and O–H groups in total. The van der Waals surface area contributed by atoms with E-state index < -0.39 is 12.1 Å². The monoisotopic (exact) mass is 269 g/mol. The number of benzene rings is 2. The fraction of sp³-hybridized carbons (Fsp3) is 0.250. The van der Waals surface area contributed by atoms with Gasteiger partial charge in [-0.1, -0.05) is 36.4 Å². The highest BCUT2D eigenvalue weighted by atomic mass is 16.5. The van der Waals surface area contributed by atoms with Crippen LogP contribution in [0.25, 0.3) is 10.8 Å². The molecule has 102 valence electrons. The van der Waals surface area contributed by atoms with Crippen molar-refractivity contribution in [1.29, 1.82) is 0 Å². The van der Waals surface area contributed by atoms with Gasteiger partial charge in [-0.3, -0.25) is 0 Å². The lowest BCUT2D eigenvalue weighted by Crippen LogP contribution is -2.26. The Kier molecular flexibility index (Phi) is 3.37. The normalized spacial score (nSPS) is 20.9. The van der Waals surface area contributed by atoms with Gasteiger partial charge in [-0.25, -0.2) is 9.79 Å². The number of hydrogen-bond donors (Lipinski definition) is 0. The Labute approximate surface area is 117 Å². The van der Waals surface area contributed by atoms with Crippen molar-refractivity contribution in [3.05, 3.63) is 48.0 Å². The summed E-state index contributed by atoms with van der Waals surface area (Å²) in [7, 11) is 0. The molecule has 2 atom stereocenters. The number of ether oxygens (including phenoxy) is 2. The molecule has 0 aromatic heterocycles. The first kappa shape index (κ1) is 12.7. The van der Waals surface area contributed by atoms with E-state index in [0.29, 0.717) is 6.61 Å². The Bertz CT molecular complexity index is 666. The van der Waals surface area contributed by atoms with Crippen molar-refractivity contribution in [2.45, 2.75) is 19.1 Å². The molecule has 0 fully saturated rings. The van der Waals surface area contributed by atoms with Gasteiger partial charge >= 0.3 is 5.97 Å². The van der Waals surface area contributed by atoms with E-state index in [9.17, 15) is 4.79 Å². The fourth-order valence-electron chi connectivity index (χ4n) is 2.38. The van der Waals surface area contributed by atoms with Crippen LogP contribution in [0, 0.1) is 0 Å². The van der Waals surface area contributed by atoms with Crippen LogP contribution in [0.3, 0.4) is 0 Å². The van der Waals surface area contributed by atoms with Crippen LogP contribution in [-0.4, -0.2) is 25.0 Å². The average Bonchev–Trinajstić information content (AvgIpc) is 2.96. The van der Waals surface area contributed by atoms with E-state index in [1.807, 2.05) is 42.5 Å². The minimum atomic E-state index is -0.615. The van der Waals surface area contributed by atoms with Gasteiger partial charge in [0.05, 0.1) is 6.61 Å². The van der Waals surface area contributed by atoms with E-state index in [4.69, 9.17) is 9.47 Å². The third kappa shape index (κ3) is 2.25. The molecule has 1 aliphatic rings. The van der Waals surface area contributed by atoms with Crippen LogP contribution in [0.1, 0.15) is 18.6 Å². The lowest BCUT2D eigenvalue weighted by Gasteiger charge is -2.16. The van der Waals surface area contributed by atoms with Crippen molar-refractivity contribution < 1.29 is 14.3 Å². The molecule has 0 saturated carbocycles. The van der Waals surface area contributed by atoms with Crippen LogP contribution in [0.4, 0.5) is 0 Å². The second-order valence-electron chi connectivity index (χ2n) is 4.61. The van der Waals surface area contributed by atoms with Crippen molar-refractivity contribution in [3.8, 4) is 0 Å². The first-order chi connectivity index (χ1) is 9.79. The molecule has 0 bridgehead atoms. The largest absolute Gasteiger partial charge is 0.473 e. The highest BCUT2D eigenvalue weighted by Gasteiger charge is 2.35. The van der Waals surface area contributed by atoms with Gasteiger partial charge in [0.25, 0.3) is 0 Å². The molecular formula is C16H15NO3. The molecule has 2 aromatic carbocycles. The summed E-state index contributed by atoms with van der Waals surface area (Å²) in [5, 5.41) is 2.27. The maximum atomic E-state index is 11.9. The Hall–Kier alpha value is -2.36. The summed E-state index contributed by atoms with van der Waals surface area (Å²) in [5.41, 5.74) is 0.930. The Balaban J connectivity index is 1.92. The first-order valence-electron chi connectivity index (χ1n) is 6.62. The molecule has 4 heteroatoms. The molecule has 3 rings (SSSR count). The molecule has 2 aromatic rings. The van der Waals surface area contributed by atoms with Gasteiger partial charge in [0.1, 0.15) is 0 Å². The lowest BCUT2D eigenvalue weighted by molar-refractivity contribution is -0.146. The second-order valence-corrected chi connectivity index (χ2v) is 4.61. The average molecular weight is 269 g/mol. The summed E-state index contributed by atoms with van der Waals surface area (Å²) in [6.07, 6.45) is 0.931. The quantitative estimate of drug-likeness (QED) is 0.805. The number of carbonyl (C=O) groups excluding carboxylic acids is 1. The Morgan fingerprint density at radius 2 is 2.05 bits per heavy atom. The van der Waals surface area contributed by atoms with Crippen molar-refractivity contribution >= 4 is 23.1 Å². The zero-order valence-corrected chi connectivity index (χ0v) is 11.2. The second kappa shape index (κ2) is 5.33. The molecule has 20 heavy (non-hydrogen) atoms. The molecule has 0 aliphatic carbocycles. The summed E-state index contributed by atoms with van der Waals surface area (Å²) >= 11 is 0. The van der Waals surface area contributed by atoms with Gasteiger partial charge in [-0.2, -0.15) is 0 Å². The topological polar surface area (TPSA) is 47.9 Å². The predicted octanol–water partition coefficient (Wildman–Crippen LogP) is 2.87. The predicted molar refractivity (Wildman–Crippen MR) is 76.7 cm³/mol. The number of fused-ring (bicyclic) bond motifs is 1. The van der Waals surface area contributed by atoms with E-state index in [0.717, 1.165) is 16.3 Å². The molecule has 0 amide bonds. The zero-order valence-electron chi connectivity index (χ0n) is 11.2. The Morgan fingerprint density at radius 3 is 2.85 bits per heavy atom. The van der Waals surface area contributed by atoms with Crippen LogP contribution in [-0.2, 0) is 14.3 Å². The molecule has 1 unspecified atom stereocenters. The first-order valence-corrected chi connectivity index (χ1v) is 6.62. The standard InChI is InChI=1S/C16H15NO3/c1-2-19-16(18)14-15(20-10-17-14)13-8-7-11-5-3-4-6-12(11)9-13/h3-10,14-15H,2H2,1H3/t14-,15?/m1/s1. The van der Waals surface area contributed by atoms with Crippen LogP contribution in [0.2, 0.25) is 0 Å². The van der Waals surface area contributed by atoms with Crippen molar-refractivity contribution in [2.75, 3.05) is 6.61 Å². The number of rotatable bonds is 3. The molecule has 1 heterocycles. The molecule has 0 saturated heterocycles. The van der Waals surface area contributed by atoms with Crippen LogP contribution in [0.5, 0.6) is 0 Å². The molecule has 0 radical (unpaired) electrons. The number of esters is 1. The maximum absolute atomic E-state index is 11.9. The third-order valence-corrected chi connectivity index (χ3v) is 3.35. The minimum absolute atomic E-state index is 0.343. The summed E-state index contributed by atoms with van der Waals surface area (Å²) in [6.45, 7) is 2.12. The summed E-state index contributed by atoms with van der Waals surface area (Å²) in [4.78, 5) is 15.9. The Morgan fingerprint density at radius 1 is 1.25 bits per heavy atom. The van der Waals surface area contributed by atoms with Gasteiger partial charge in [0.2, 0.25) is 0 Å². The fourth-order valence-corrected chi connectivity index (χ4v) is 2.38. The maximum Gasteiger partial charge on any atom is 0.335 e. The van der Waals surface area contributed by atoms with Gasteiger partial charge < -0.3 is 9.47 Å². The molecule has 4 nitrogen and oxygen atoms in total. The SMILES string of the molecule is CCOC(=O)[C@@H]1N=COC1c1ccc2ccccc2c1. The lowest BCUT2D eigenvalue weighted by atomic mass is 9.99. The zero-order chi connectivity index (χ0) is 13.9. The van der Waals surface area contributed by atoms with Gasteiger partial charge in [0.15, 0.2) is 18.5 Å². The van der Waals surface area contributed by atoms with E-state index in [1.54, 1.807) is 6.92 Å². The number of hydrogen-bond acceptors (Lipinski definition) is 4. The van der Waals surface area contributed by atoms with Gasteiger partial charge in [-0.15, -0.1) is 0 Å². The van der Waals surface area contributed by atoms with Crippen molar-refractivity contribution in [3.63, 3.8) is 0 Å². The van der Waals surface area contributed by atoms with E-state index >= 15 is 0 Å². The third-order valence-electron chi connectivity index (χ3n) is 3.35. The number of carbonyl (C=O) groups is 1. The van der Waals surface area contributed by atoms with E-state index in [2.05, 4.69) is 4.99 Å². The number of aliphatic imine (C=N–C) groups is 1. The smallest absolute Gasteiger partial charge is 0.335 e. The molecule has 0 spiro atoms. The number of nitrogens with zero attached hydrogens (tertiary/aromatic N) is 1. The van der Waals surface area contributed by atoms with Crippen LogP contribution in [0.15, 0.2) is 47.5 Å². The van der Waals surface area contributed by atoms with Gasteiger partial charge in [-0.05, 0) is 29.3 Å². The molecule has 1 aliphatic heterocycles. The van der Waals surface area contributed by atoms with Crippen LogP contribution >= 0.6 is 0 Å². The minimum Gasteiger partial charge on any atom is -0.473 e. The van der Waals surface area contributed by atoms with E-state index in [-0.39, 0.29) is 5.97 Å². The summed E-state index contributed by atoms with van der Waals surface area (Å²) in [6, 6.07) is 13.5. The highest BCUT2D eigenvalue weighted by Crippen LogP contribution is 2.30. The van der Waals surface area contributed by atoms with Crippen LogP contribution < -0.4 is 0 Å².